The van der Waals surface area contributed by atoms with Crippen LogP contribution in [0.5, 0.6) is 0 Å². The number of amides is 1. The van der Waals surface area contributed by atoms with Crippen molar-refractivity contribution in [2.24, 2.45) is 17.6 Å². The highest BCUT2D eigenvalue weighted by molar-refractivity contribution is 5.81. The van der Waals surface area contributed by atoms with Crippen LogP contribution in [0.3, 0.4) is 0 Å². The maximum atomic E-state index is 11.2. The summed E-state index contributed by atoms with van der Waals surface area (Å²) in [5.74, 6) is 1.15. The highest BCUT2D eigenvalue weighted by Crippen LogP contribution is 2.37. The van der Waals surface area contributed by atoms with Gasteiger partial charge in [0.15, 0.2) is 0 Å². The third-order valence-electron chi connectivity index (χ3n) is 2.38. The predicted molar refractivity (Wildman–Crippen MR) is 48.6 cm³/mol. The fourth-order valence-corrected chi connectivity index (χ4v) is 1.30. The molecule has 1 amide bonds. The Hall–Kier alpha value is -0.570. The number of nitrogens with two attached hydrogens (primary N) is 1. The van der Waals surface area contributed by atoms with Crippen molar-refractivity contribution in [3.63, 3.8) is 0 Å². The van der Waals surface area contributed by atoms with E-state index in [-0.39, 0.29) is 5.91 Å². The Morgan fingerprint density at radius 3 is 2.75 bits per heavy atom. The number of unbranched alkanes of at least 4 members (excludes halogenated alkanes) is 1. The van der Waals surface area contributed by atoms with E-state index in [1.54, 1.807) is 0 Å². The summed E-state index contributed by atoms with van der Waals surface area (Å²) in [6, 6.07) is 0. The first kappa shape index (κ1) is 9.52. The maximum absolute atomic E-state index is 11.2. The van der Waals surface area contributed by atoms with E-state index < -0.39 is 0 Å². The summed E-state index contributed by atoms with van der Waals surface area (Å²) in [5, 5.41) is 2.92. The van der Waals surface area contributed by atoms with Gasteiger partial charge in [0.2, 0.25) is 5.91 Å². The summed E-state index contributed by atoms with van der Waals surface area (Å²) in [6.45, 7) is 3.62. The smallest absolute Gasteiger partial charge is 0.223 e. The van der Waals surface area contributed by atoms with Crippen molar-refractivity contribution in [2.45, 2.75) is 26.2 Å². The Bertz CT molecular complexity index is 159. The normalized spacial score (nSPS) is 26.8. The molecule has 0 spiro atoms. The van der Waals surface area contributed by atoms with Crippen LogP contribution < -0.4 is 11.1 Å². The fraction of sp³-hybridized carbons (Fsp3) is 0.889. The minimum absolute atomic E-state index is 0.236. The Labute approximate surface area is 73.7 Å². The summed E-state index contributed by atoms with van der Waals surface area (Å²) in [7, 11) is 0. The minimum Gasteiger partial charge on any atom is -0.356 e. The lowest BCUT2D eigenvalue weighted by Crippen LogP contribution is -2.26. The predicted octanol–water partition coefficient (Wildman–Crippen LogP) is 0.497. The largest absolute Gasteiger partial charge is 0.356 e. The molecule has 2 unspecified atom stereocenters. The number of hydrogen-bond acceptors (Lipinski definition) is 2. The number of rotatable bonds is 5. The molecule has 1 aliphatic rings. The molecule has 0 aromatic rings. The molecule has 1 aliphatic carbocycles. The summed E-state index contributed by atoms with van der Waals surface area (Å²) < 4.78 is 0. The zero-order chi connectivity index (χ0) is 8.97. The molecule has 0 aliphatic heterocycles. The monoisotopic (exact) mass is 170 g/mol. The Kier molecular flexibility index (Phi) is 3.53. The van der Waals surface area contributed by atoms with Crippen LogP contribution in [0.25, 0.3) is 0 Å². The summed E-state index contributed by atoms with van der Waals surface area (Å²) in [6.07, 6.45) is 3.08. The van der Waals surface area contributed by atoms with E-state index in [2.05, 4.69) is 12.2 Å². The van der Waals surface area contributed by atoms with Gasteiger partial charge in [0.1, 0.15) is 0 Å². The molecule has 0 saturated heterocycles. The average molecular weight is 170 g/mol. The van der Waals surface area contributed by atoms with Gasteiger partial charge in [-0.1, -0.05) is 6.92 Å². The molecule has 3 heteroatoms. The summed E-state index contributed by atoms with van der Waals surface area (Å²) in [4.78, 5) is 11.2. The number of carbonyl (C=O) groups excluding carboxylic acids is 1. The first-order valence-electron chi connectivity index (χ1n) is 4.73. The number of nitrogens with one attached hydrogen (secondary N) is 1. The highest BCUT2D eigenvalue weighted by atomic mass is 16.2. The third-order valence-corrected chi connectivity index (χ3v) is 2.38. The molecule has 1 saturated carbocycles. The van der Waals surface area contributed by atoms with E-state index in [9.17, 15) is 4.79 Å². The number of hydrogen-bond donors (Lipinski definition) is 2. The van der Waals surface area contributed by atoms with Crippen molar-refractivity contribution >= 4 is 5.91 Å². The molecular formula is C9H18N2O. The average Bonchev–Trinajstić information content (AvgIpc) is 2.76. The highest BCUT2D eigenvalue weighted by Gasteiger charge is 2.38. The van der Waals surface area contributed by atoms with E-state index in [1.165, 1.54) is 0 Å². The molecule has 0 radical (unpaired) electrons. The van der Waals surface area contributed by atoms with Gasteiger partial charge in [-0.2, -0.15) is 0 Å². The fourth-order valence-electron chi connectivity index (χ4n) is 1.30. The molecule has 0 heterocycles. The van der Waals surface area contributed by atoms with Gasteiger partial charge < -0.3 is 11.1 Å². The van der Waals surface area contributed by atoms with Crippen LogP contribution in [0.1, 0.15) is 26.2 Å². The van der Waals surface area contributed by atoms with Crippen LogP contribution in [0.2, 0.25) is 0 Å². The lowest BCUT2D eigenvalue weighted by Gasteiger charge is -2.02. The van der Waals surface area contributed by atoms with Gasteiger partial charge in [-0.05, 0) is 31.7 Å². The molecule has 1 fully saturated rings. The van der Waals surface area contributed by atoms with Crippen LogP contribution in [-0.2, 0) is 4.79 Å². The first-order valence-corrected chi connectivity index (χ1v) is 4.73. The quantitative estimate of drug-likeness (QED) is 0.590. The van der Waals surface area contributed by atoms with E-state index in [1.807, 2.05) is 0 Å². The number of carbonyl (C=O) groups is 1. The lowest BCUT2D eigenvalue weighted by molar-refractivity contribution is -0.122. The van der Waals surface area contributed by atoms with Crippen molar-refractivity contribution < 1.29 is 4.79 Å². The van der Waals surface area contributed by atoms with Crippen LogP contribution >= 0.6 is 0 Å². The zero-order valence-corrected chi connectivity index (χ0v) is 7.68. The van der Waals surface area contributed by atoms with E-state index >= 15 is 0 Å². The zero-order valence-electron chi connectivity index (χ0n) is 7.68. The SMILES string of the molecule is CC1CC1C(=O)NCCCCN. The summed E-state index contributed by atoms with van der Waals surface area (Å²) >= 11 is 0. The van der Waals surface area contributed by atoms with Gasteiger partial charge in [-0.3, -0.25) is 4.79 Å². The maximum Gasteiger partial charge on any atom is 0.223 e. The third kappa shape index (κ3) is 2.81. The minimum atomic E-state index is 0.236. The molecule has 1 rings (SSSR count). The van der Waals surface area contributed by atoms with Crippen molar-refractivity contribution in [2.75, 3.05) is 13.1 Å². The van der Waals surface area contributed by atoms with Gasteiger partial charge in [0.25, 0.3) is 0 Å². The summed E-state index contributed by atoms with van der Waals surface area (Å²) in [5.41, 5.74) is 5.33. The van der Waals surface area contributed by atoms with E-state index in [0.29, 0.717) is 11.8 Å². The second-order valence-corrected chi connectivity index (χ2v) is 3.61. The van der Waals surface area contributed by atoms with Gasteiger partial charge in [-0.15, -0.1) is 0 Å². The molecular weight excluding hydrogens is 152 g/mol. The van der Waals surface area contributed by atoms with Crippen LogP contribution in [0.15, 0.2) is 0 Å². The Morgan fingerprint density at radius 1 is 1.58 bits per heavy atom. The first-order chi connectivity index (χ1) is 5.75. The standard InChI is InChI=1S/C9H18N2O/c1-7-6-8(7)9(12)11-5-3-2-4-10/h7-8H,2-6,10H2,1H3,(H,11,12). The van der Waals surface area contributed by atoms with Crippen LogP contribution in [-0.4, -0.2) is 19.0 Å². The van der Waals surface area contributed by atoms with E-state index in [4.69, 9.17) is 5.73 Å². The Morgan fingerprint density at radius 2 is 2.25 bits per heavy atom. The van der Waals surface area contributed by atoms with Gasteiger partial charge in [0.05, 0.1) is 0 Å². The molecule has 3 N–H and O–H groups in total. The molecule has 0 aromatic carbocycles. The molecule has 3 nitrogen and oxygen atoms in total. The van der Waals surface area contributed by atoms with Crippen molar-refractivity contribution in [3.05, 3.63) is 0 Å². The van der Waals surface area contributed by atoms with Crippen LogP contribution in [0, 0.1) is 11.8 Å². The lowest BCUT2D eigenvalue weighted by atomic mass is 10.3. The topological polar surface area (TPSA) is 55.1 Å². The van der Waals surface area contributed by atoms with Crippen molar-refractivity contribution in [1.82, 2.24) is 5.32 Å². The van der Waals surface area contributed by atoms with Crippen molar-refractivity contribution in [1.29, 1.82) is 0 Å². The molecule has 0 aromatic heterocycles. The van der Waals surface area contributed by atoms with Gasteiger partial charge in [0, 0.05) is 12.5 Å². The Balaban J connectivity index is 1.96. The van der Waals surface area contributed by atoms with Crippen molar-refractivity contribution in [3.8, 4) is 0 Å². The van der Waals surface area contributed by atoms with Gasteiger partial charge in [-0.25, -0.2) is 0 Å². The second kappa shape index (κ2) is 4.45. The second-order valence-electron chi connectivity index (χ2n) is 3.61. The van der Waals surface area contributed by atoms with Crippen LogP contribution in [0.4, 0.5) is 0 Å². The van der Waals surface area contributed by atoms with E-state index in [0.717, 1.165) is 32.4 Å². The molecule has 12 heavy (non-hydrogen) atoms. The molecule has 2 atom stereocenters. The molecule has 0 bridgehead atoms. The molecule has 70 valence electrons. The van der Waals surface area contributed by atoms with Gasteiger partial charge >= 0.3 is 0 Å².